The molecule has 0 bridgehead atoms. The molecule has 9 heteroatoms. The van der Waals surface area contributed by atoms with Crippen LogP contribution in [0.5, 0.6) is 0 Å². The molecule has 0 saturated carbocycles. The Balaban J connectivity index is 1.54. The van der Waals surface area contributed by atoms with E-state index in [1.54, 1.807) is 6.07 Å². The van der Waals surface area contributed by atoms with Gasteiger partial charge in [0.2, 0.25) is 5.91 Å². The van der Waals surface area contributed by atoms with Crippen molar-refractivity contribution in [1.82, 2.24) is 0 Å². The Bertz CT molecular complexity index is 938. The van der Waals surface area contributed by atoms with Gasteiger partial charge in [0.05, 0.1) is 22.3 Å². The number of carbonyl (C=O) groups is 3. The van der Waals surface area contributed by atoms with Gasteiger partial charge in [0.25, 0.3) is 5.91 Å². The maximum absolute atomic E-state index is 13.9. The van der Waals surface area contributed by atoms with E-state index >= 15 is 0 Å². The predicted octanol–water partition coefficient (Wildman–Crippen LogP) is 3.15. The molecule has 28 heavy (non-hydrogen) atoms. The van der Waals surface area contributed by atoms with Crippen LogP contribution >= 0.6 is 11.6 Å². The van der Waals surface area contributed by atoms with E-state index < -0.39 is 41.9 Å². The molecule has 1 saturated heterocycles. The zero-order chi connectivity index (χ0) is 20.3. The number of benzene rings is 2. The fraction of sp³-hybridized carbons (Fsp3) is 0.211. The molecule has 2 aromatic carbocycles. The monoisotopic (exact) mass is 408 g/mol. The molecule has 0 aromatic heterocycles. The summed E-state index contributed by atoms with van der Waals surface area (Å²) < 4.78 is 31.8. The lowest BCUT2D eigenvalue weighted by atomic mass is 10.1. The summed E-state index contributed by atoms with van der Waals surface area (Å²) in [5.41, 5.74) is 0.261. The number of nitrogens with zero attached hydrogens (tertiary/aromatic N) is 1. The first-order valence-corrected chi connectivity index (χ1v) is 8.69. The lowest BCUT2D eigenvalue weighted by Gasteiger charge is -2.17. The second-order valence-corrected chi connectivity index (χ2v) is 6.54. The van der Waals surface area contributed by atoms with Gasteiger partial charge >= 0.3 is 5.97 Å². The van der Waals surface area contributed by atoms with Gasteiger partial charge in [0, 0.05) is 13.0 Å². The van der Waals surface area contributed by atoms with Gasteiger partial charge < -0.3 is 15.0 Å². The van der Waals surface area contributed by atoms with Crippen molar-refractivity contribution in [2.24, 2.45) is 5.92 Å². The molecule has 1 heterocycles. The van der Waals surface area contributed by atoms with Crippen molar-refractivity contribution in [1.29, 1.82) is 0 Å². The minimum atomic E-state index is -0.811. The molecule has 6 nitrogen and oxygen atoms in total. The van der Waals surface area contributed by atoms with E-state index in [1.807, 2.05) is 0 Å². The SMILES string of the molecule is O=C(COC(=O)[C@H]1CC(=O)N(c2ccccc2F)C1)Nc1ccc(F)cc1Cl. The molecule has 0 aliphatic carbocycles. The summed E-state index contributed by atoms with van der Waals surface area (Å²) in [6, 6.07) is 9.18. The molecule has 1 aliphatic heterocycles. The quantitative estimate of drug-likeness (QED) is 0.771. The van der Waals surface area contributed by atoms with Crippen LogP contribution in [0.4, 0.5) is 20.2 Å². The lowest BCUT2D eigenvalue weighted by Crippen LogP contribution is -2.28. The highest BCUT2D eigenvalue weighted by atomic mass is 35.5. The van der Waals surface area contributed by atoms with Crippen LogP contribution in [0.2, 0.25) is 5.02 Å². The molecule has 0 radical (unpaired) electrons. The maximum atomic E-state index is 13.9. The molecule has 2 aromatic rings. The summed E-state index contributed by atoms with van der Waals surface area (Å²) in [6.07, 6.45) is -0.140. The fourth-order valence-corrected chi connectivity index (χ4v) is 3.02. The van der Waals surface area contributed by atoms with Gasteiger partial charge in [-0.05, 0) is 30.3 Å². The van der Waals surface area contributed by atoms with Crippen molar-refractivity contribution in [3.8, 4) is 0 Å². The van der Waals surface area contributed by atoms with Crippen molar-refractivity contribution in [2.75, 3.05) is 23.4 Å². The predicted molar refractivity (Wildman–Crippen MR) is 97.9 cm³/mol. The Morgan fingerprint density at radius 2 is 1.96 bits per heavy atom. The Morgan fingerprint density at radius 1 is 1.21 bits per heavy atom. The smallest absolute Gasteiger partial charge is 0.311 e. The summed E-state index contributed by atoms with van der Waals surface area (Å²) in [7, 11) is 0. The van der Waals surface area contributed by atoms with Crippen LogP contribution in [0, 0.1) is 17.6 Å². The first-order chi connectivity index (χ1) is 13.3. The third kappa shape index (κ3) is 4.45. The van der Waals surface area contributed by atoms with Crippen molar-refractivity contribution >= 4 is 40.8 Å². The minimum absolute atomic E-state index is 0.00148. The number of anilines is 2. The number of hydrogen-bond acceptors (Lipinski definition) is 4. The third-order valence-corrected chi connectivity index (χ3v) is 4.47. The molecule has 1 atom stereocenters. The zero-order valence-corrected chi connectivity index (χ0v) is 15.2. The third-order valence-electron chi connectivity index (χ3n) is 4.15. The number of nitrogens with one attached hydrogen (secondary N) is 1. The number of para-hydroxylation sites is 1. The van der Waals surface area contributed by atoms with Crippen LogP contribution in [-0.2, 0) is 19.1 Å². The van der Waals surface area contributed by atoms with Crippen molar-refractivity contribution < 1.29 is 27.9 Å². The van der Waals surface area contributed by atoms with Gasteiger partial charge in [0.1, 0.15) is 11.6 Å². The van der Waals surface area contributed by atoms with Crippen LogP contribution < -0.4 is 10.2 Å². The van der Waals surface area contributed by atoms with Crippen LogP contribution in [-0.4, -0.2) is 30.9 Å². The van der Waals surface area contributed by atoms with E-state index in [-0.39, 0.29) is 29.4 Å². The summed E-state index contributed by atoms with van der Waals surface area (Å²) >= 11 is 5.81. The number of ether oxygens (including phenoxy) is 1. The molecule has 146 valence electrons. The van der Waals surface area contributed by atoms with Crippen LogP contribution in [0.15, 0.2) is 42.5 Å². The second kappa shape index (κ2) is 8.35. The number of halogens is 3. The van der Waals surface area contributed by atoms with E-state index in [0.717, 1.165) is 12.1 Å². The summed E-state index contributed by atoms with van der Waals surface area (Å²) in [5.74, 6) is -3.76. The van der Waals surface area contributed by atoms with E-state index in [0.29, 0.717) is 0 Å². The van der Waals surface area contributed by atoms with Gasteiger partial charge in [-0.3, -0.25) is 14.4 Å². The van der Waals surface area contributed by atoms with E-state index in [4.69, 9.17) is 16.3 Å². The van der Waals surface area contributed by atoms with Gasteiger partial charge in [0.15, 0.2) is 6.61 Å². The van der Waals surface area contributed by atoms with E-state index in [9.17, 15) is 23.2 Å². The standard InChI is InChI=1S/C19H15ClF2N2O4/c20-13-8-12(21)5-6-15(13)23-17(25)10-28-19(27)11-7-18(26)24(9-11)16-4-2-1-3-14(16)22/h1-6,8,11H,7,9-10H2,(H,23,25)/t11-/m0/s1. The molecule has 0 unspecified atom stereocenters. The number of hydrogen-bond donors (Lipinski definition) is 1. The van der Waals surface area contributed by atoms with Crippen LogP contribution in [0.25, 0.3) is 0 Å². The lowest BCUT2D eigenvalue weighted by molar-refractivity contribution is -0.151. The molecule has 2 amide bonds. The van der Waals surface area contributed by atoms with Crippen LogP contribution in [0.1, 0.15) is 6.42 Å². The number of esters is 1. The Morgan fingerprint density at radius 3 is 2.68 bits per heavy atom. The molecular formula is C19H15ClF2N2O4. The molecule has 3 rings (SSSR count). The van der Waals surface area contributed by atoms with Gasteiger partial charge in [-0.15, -0.1) is 0 Å². The minimum Gasteiger partial charge on any atom is -0.455 e. The average molecular weight is 409 g/mol. The number of rotatable bonds is 5. The van der Waals surface area contributed by atoms with E-state index in [1.165, 1.54) is 29.2 Å². The first kappa shape index (κ1) is 19.8. The molecule has 1 N–H and O–H groups in total. The first-order valence-electron chi connectivity index (χ1n) is 8.31. The Labute approximate surface area is 164 Å². The highest BCUT2D eigenvalue weighted by Crippen LogP contribution is 2.28. The average Bonchev–Trinajstić information content (AvgIpc) is 3.04. The van der Waals surface area contributed by atoms with Crippen molar-refractivity contribution in [3.05, 3.63) is 59.1 Å². The Kier molecular flexibility index (Phi) is 5.89. The highest BCUT2D eigenvalue weighted by molar-refractivity contribution is 6.33. The fourth-order valence-electron chi connectivity index (χ4n) is 2.80. The van der Waals surface area contributed by atoms with Crippen molar-refractivity contribution in [3.63, 3.8) is 0 Å². The van der Waals surface area contributed by atoms with Crippen LogP contribution in [0.3, 0.4) is 0 Å². The number of carbonyl (C=O) groups excluding carboxylic acids is 3. The molecule has 1 aliphatic rings. The summed E-state index contributed by atoms with van der Waals surface area (Å²) in [5, 5.41) is 2.39. The van der Waals surface area contributed by atoms with Crippen molar-refractivity contribution in [2.45, 2.75) is 6.42 Å². The summed E-state index contributed by atoms with van der Waals surface area (Å²) in [6.45, 7) is -0.638. The van der Waals surface area contributed by atoms with E-state index in [2.05, 4.69) is 5.32 Å². The molecule has 1 fully saturated rings. The molecule has 0 spiro atoms. The largest absolute Gasteiger partial charge is 0.455 e. The van der Waals surface area contributed by atoms with Gasteiger partial charge in [-0.25, -0.2) is 8.78 Å². The van der Waals surface area contributed by atoms with Gasteiger partial charge in [-0.2, -0.15) is 0 Å². The highest BCUT2D eigenvalue weighted by Gasteiger charge is 2.37. The Hall–Kier alpha value is -3.00. The number of amides is 2. The topological polar surface area (TPSA) is 75.7 Å². The normalized spacial score (nSPS) is 16.2. The second-order valence-electron chi connectivity index (χ2n) is 6.14. The molecular weight excluding hydrogens is 394 g/mol. The summed E-state index contributed by atoms with van der Waals surface area (Å²) in [4.78, 5) is 37.4. The zero-order valence-electron chi connectivity index (χ0n) is 14.5. The maximum Gasteiger partial charge on any atom is 0.311 e. The van der Waals surface area contributed by atoms with Gasteiger partial charge in [-0.1, -0.05) is 23.7 Å².